The van der Waals surface area contributed by atoms with E-state index in [1.165, 1.54) is 0 Å². The summed E-state index contributed by atoms with van der Waals surface area (Å²) < 4.78 is 8.10. The van der Waals surface area contributed by atoms with Crippen LogP contribution in [-0.4, -0.2) is 39.8 Å². The Morgan fingerprint density at radius 3 is 2.60 bits per heavy atom. The minimum Gasteiger partial charge on any atom is -0.373 e. The molecule has 0 aromatic rings. The lowest BCUT2D eigenvalue weighted by Gasteiger charge is -2.43. The normalized spacial score (nSPS) is 34.5. The summed E-state index contributed by atoms with van der Waals surface area (Å²) >= 11 is 0. The molecule has 60 valence electrons. The highest BCUT2D eigenvalue weighted by Crippen LogP contribution is 2.22. The fourth-order valence-electron chi connectivity index (χ4n) is 1.30. The summed E-state index contributed by atoms with van der Waals surface area (Å²) in [6, 6.07) is 0.591. The number of rotatable bonds is 0. The first-order valence-corrected chi connectivity index (χ1v) is 4.77. The van der Waals surface area contributed by atoms with Crippen LogP contribution < -0.4 is 0 Å². The molecule has 0 spiro atoms. The van der Waals surface area contributed by atoms with Gasteiger partial charge in [-0.2, -0.15) is 0 Å². The zero-order valence-electron chi connectivity index (χ0n) is 7.35. The van der Waals surface area contributed by atoms with Crippen molar-refractivity contribution in [2.75, 3.05) is 13.2 Å². The van der Waals surface area contributed by atoms with Crippen molar-refractivity contribution in [2.45, 2.75) is 32.4 Å². The first kappa shape index (κ1) is 8.24. The first-order chi connectivity index (χ1) is 4.54. The zero-order chi connectivity index (χ0) is 7.78. The molecule has 1 unspecified atom stereocenters. The lowest BCUT2D eigenvalue weighted by molar-refractivity contribution is -0.0962. The maximum atomic E-state index is 5.63. The van der Waals surface area contributed by atoms with E-state index in [4.69, 9.17) is 4.74 Å². The van der Waals surface area contributed by atoms with Gasteiger partial charge in [-0.1, -0.05) is 0 Å². The SMILES string of the molecule is CC1N([SiH3])CCOC1(C)C. The van der Waals surface area contributed by atoms with E-state index in [1.54, 1.807) is 0 Å². The summed E-state index contributed by atoms with van der Waals surface area (Å²) in [6.07, 6.45) is 0. The van der Waals surface area contributed by atoms with Gasteiger partial charge in [-0.3, -0.25) is 0 Å². The van der Waals surface area contributed by atoms with E-state index in [2.05, 4.69) is 25.3 Å². The van der Waals surface area contributed by atoms with Gasteiger partial charge < -0.3 is 9.30 Å². The van der Waals surface area contributed by atoms with Gasteiger partial charge in [0.15, 0.2) is 0 Å². The average Bonchev–Trinajstić information content (AvgIpc) is 1.83. The third kappa shape index (κ3) is 1.41. The molecule has 0 radical (unpaired) electrons. The Balaban J connectivity index is 2.60. The van der Waals surface area contributed by atoms with Gasteiger partial charge in [0.1, 0.15) is 0 Å². The van der Waals surface area contributed by atoms with Crippen LogP contribution in [0, 0.1) is 0 Å². The molecule has 10 heavy (non-hydrogen) atoms. The molecule has 1 aliphatic heterocycles. The molecule has 0 amide bonds. The van der Waals surface area contributed by atoms with Crippen LogP contribution in [0.2, 0.25) is 0 Å². The highest BCUT2D eigenvalue weighted by molar-refractivity contribution is 6.04. The Morgan fingerprint density at radius 1 is 1.60 bits per heavy atom. The summed E-state index contributed by atoms with van der Waals surface area (Å²) in [4.78, 5) is 0. The van der Waals surface area contributed by atoms with Crippen LogP contribution in [0.4, 0.5) is 0 Å². The molecule has 1 saturated heterocycles. The van der Waals surface area contributed by atoms with Crippen LogP contribution in [0.3, 0.4) is 0 Å². The van der Waals surface area contributed by atoms with E-state index >= 15 is 0 Å². The molecule has 0 aromatic heterocycles. The number of nitrogens with zero attached hydrogens (tertiary/aromatic N) is 1. The number of morpholine rings is 1. The predicted octanol–water partition coefficient (Wildman–Crippen LogP) is -0.234. The molecule has 1 fully saturated rings. The van der Waals surface area contributed by atoms with Crippen LogP contribution >= 0.6 is 0 Å². The summed E-state index contributed by atoms with van der Waals surface area (Å²) in [7, 11) is 1.16. The minimum atomic E-state index is 0.0694. The van der Waals surface area contributed by atoms with Crippen LogP contribution in [-0.2, 0) is 4.74 Å². The molecule has 1 aliphatic rings. The van der Waals surface area contributed by atoms with Gasteiger partial charge in [0.25, 0.3) is 0 Å². The molecular formula is C7H17NOSi. The van der Waals surface area contributed by atoms with Crippen LogP contribution in [0.25, 0.3) is 0 Å². The Bertz CT molecular complexity index is 127. The maximum absolute atomic E-state index is 5.63. The van der Waals surface area contributed by atoms with E-state index in [1.807, 2.05) is 0 Å². The summed E-state index contributed by atoms with van der Waals surface area (Å²) in [5.74, 6) is 0. The van der Waals surface area contributed by atoms with Crippen molar-refractivity contribution in [3.05, 3.63) is 0 Å². The molecule has 1 rings (SSSR count). The molecule has 0 saturated carbocycles. The van der Waals surface area contributed by atoms with Gasteiger partial charge in [-0.25, -0.2) is 0 Å². The largest absolute Gasteiger partial charge is 0.373 e. The van der Waals surface area contributed by atoms with E-state index in [9.17, 15) is 0 Å². The van der Waals surface area contributed by atoms with Crippen LogP contribution in [0.1, 0.15) is 20.8 Å². The monoisotopic (exact) mass is 159 g/mol. The van der Waals surface area contributed by atoms with E-state index in [0.29, 0.717) is 6.04 Å². The lowest BCUT2D eigenvalue weighted by atomic mass is 9.99. The van der Waals surface area contributed by atoms with Crippen molar-refractivity contribution in [1.82, 2.24) is 4.57 Å². The highest BCUT2D eigenvalue weighted by Gasteiger charge is 2.32. The van der Waals surface area contributed by atoms with Crippen molar-refractivity contribution in [2.24, 2.45) is 0 Å². The number of ether oxygens (including phenoxy) is 1. The Morgan fingerprint density at radius 2 is 2.20 bits per heavy atom. The van der Waals surface area contributed by atoms with Crippen molar-refractivity contribution >= 4 is 10.4 Å². The molecule has 0 aliphatic carbocycles. The lowest BCUT2D eigenvalue weighted by Crippen LogP contribution is -2.54. The van der Waals surface area contributed by atoms with Gasteiger partial charge in [0, 0.05) is 12.6 Å². The summed E-state index contributed by atoms with van der Waals surface area (Å²) in [5, 5.41) is 0. The quantitative estimate of drug-likeness (QED) is 0.453. The predicted molar refractivity (Wildman–Crippen MR) is 46.1 cm³/mol. The van der Waals surface area contributed by atoms with E-state index in [-0.39, 0.29) is 5.60 Å². The topological polar surface area (TPSA) is 12.5 Å². The van der Waals surface area contributed by atoms with Crippen molar-refractivity contribution in [1.29, 1.82) is 0 Å². The van der Waals surface area contributed by atoms with E-state index in [0.717, 1.165) is 23.6 Å². The smallest absolute Gasteiger partial charge is 0.0790 e. The van der Waals surface area contributed by atoms with Gasteiger partial charge in [0.05, 0.1) is 22.6 Å². The van der Waals surface area contributed by atoms with Gasteiger partial charge in [-0.15, -0.1) is 0 Å². The van der Waals surface area contributed by atoms with E-state index < -0.39 is 0 Å². The van der Waals surface area contributed by atoms with Gasteiger partial charge in [-0.05, 0) is 20.8 Å². The molecule has 0 bridgehead atoms. The number of hydrogen-bond acceptors (Lipinski definition) is 2. The molecule has 1 heterocycles. The number of hydrogen-bond donors (Lipinski definition) is 0. The molecule has 3 heteroatoms. The standard InChI is InChI=1S/C7H17NOSi/c1-6-7(2,3)9-5-4-8(6)10/h6H,4-5H2,1-3,10H3. The second-order valence-corrected chi connectivity index (χ2v) is 4.76. The van der Waals surface area contributed by atoms with Gasteiger partial charge in [0.2, 0.25) is 0 Å². The third-order valence-electron chi connectivity index (χ3n) is 2.59. The van der Waals surface area contributed by atoms with Crippen molar-refractivity contribution in [3.8, 4) is 0 Å². The molecule has 1 atom stereocenters. The Hall–Kier alpha value is 0.137. The molecular weight excluding hydrogens is 142 g/mol. The second kappa shape index (κ2) is 2.64. The van der Waals surface area contributed by atoms with Gasteiger partial charge >= 0.3 is 0 Å². The third-order valence-corrected chi connectivity index (χ3v) is 3.81. The molecule has 0 aromatic carbocycles. The maximum Gasteiger partial charge on any atom is 0.0790 e. The minimum absolute atomic E-state index is 0.0694. The molecule has 0 N–H and O–H groups in total. The zero-order valence-corrected chi connectivity index (χ0v) is 9.35. The Labute approximate surface area is 66.0 Å². The second-order valence-electron chi connectivity index (χ2n) is 3.61. The van der Waals surface area contributed by atoms with Crippen molar-refractivity contribution < 1.29 is 4.74 Å². The van der Waals surface area contributed by atoms with Crippen molar-refractivity contribution in [3.63, 3.8) is 0 Å². The highest BCUT2D eigenvalue weighted by atomic mass is 28.2. The Kier molecular flexibility index (Phi) is 2.17. The molecule has 2 nitrogen and oxygen atoms in total. The van der Waals surface area contributed by atoms with Crippen LogP contribution in [0.15, 0.2) is 0 Å². The average molecular weight is 159 g/mol. The fraction of sp³-hybridized carbons (Fsp3) is 1.00. The van der Waals surface area contributed by atoms with Crippen LogP contribution in [0.5, 0.6) is 0 Å². The summed E-state index contributed by atoms with van der Waals surface area (Å²) in [6.45, 7) is 8.60. The first-order valence-electron chi connectivity index (χ1n) is 3.88. The summed E-state index contributed by atoms with van der Waals surface area (Å²) in [5.41, 5.74) is 0.0694. The fourth-order valence-corrected chi connectivity index (χ4v) is 2.10.